The Morgan fingerprint density at radius 2 is 2.10 bits per heavy atom. The smallest absolute Gasteiger partial charge is 0.120 e. The minimum Gasteiger partial charge on any atom is -0.508 e. The molecule has 0 radical (unpaired) electrons. The van der Waals surface area contributed by atoms with Crippen LogP contribution < -0.4 is 5.32 Å². The average molecular weight is 288 g/mol. The number of hydrogen-bond donors (Lipinski definition) is 2. The Kier molecular flexibility index (Phi) is 4.51. The van der Waals surface area contributed by atoms with Crippen LogP contribution in [0.3, 0.4) is 0 Å². The molecule has 1 aromatic carbocycles. The first kappa shape index (κ1) is 14.9. The lowest BCUT2D eigenvalue weighted by atomic mass is 9.74. The molecule has 1 spiro atoms. The number of nitrogens with zero attached hydrogens (tertiary/aromatic N) is 1. The normalized spacial score (nSPS) is 28.6. The molecule has 2 heterocycles. The second-order valence-electron chi connectivity index (χ2n) is 6.84. The zero-order valence-corrected chi connectivity index (χ0v) is 13.1. The molecule has 0 aliphatic carbocycles. The Balaban J connectivity index is 1.79. The average Bonchev–Trinajstić information content (AvgIpc) is 2.51. The molecule has 2 atom stereocenters. The van der Waals surface area contributed by atoms with Crippen molar-refractivity contribution in [2.75, 3.05) is 26.2 Å². The summed E-state index contributed by atoms with van der Waals surface area (Å²) < 4.78 is 0. The Morgan fingerprint density at radius 3 is 2.81 bits per heavy atom. The van der Waals surface area contributed by atoms with E-state index in [4.69, 9.17) is 0 Å². The molecular weight excluding hydrogens is 260 g/mol. The molecule has 0 amide bonds. The summed E-state index contributed by atoms with van der Waals surface area (Å²) in [6, 6.07) is 8.21. The van der Waals surface area contributed by atoms with Gasteiger partial charge in [-0.25, -0.2) is 0 Å². The van der Waals surface area contributed by atoms with Crippen molar-refractivity contribution in [1.29, 1.82) is 0 Å². The van der Waals surface area contributed by atoms with E-state index in [1.54, 1.807) is 0 Å². The van der Waals surface area contributed by atoms with Gasteiger partial charge in [0.1, 0.15) is 5.75 Å². The van der Waals surface area contributed by atoms with Crippen LogP contribution in [0.4, 0.5) is 0 Å². The number of phenols is 1. The van der Waals surface area contributed by atoms with Crippen molar-refractivity contribution in [2.45, 2.75) is 45.1 Å². The van der Waals surface area contributed by atoms with Gasteiger partial charge in [-0.05, 0) is 56.7 Å². The Morgan fingerprint density at radius 1 is 1.29 bits per heavy atom. The number of hydrogen-bond acceptors (Lipinski definition) is 3. The van der Waals surface area contributed by atoms with Crippen LogP contribution >= 0.6 is 0 Å². The maximum Gasteiger partial charge on any atom is 0.120 e. The lowest BCUT2D eigenvalue weighted by molar-refractivity contribution is 0.0349. The topological polar surface area (TPSA) is 35.5 Å². The van der Waals surface area contributed by atoms with Gasteiger partial charge >= 0.3 is 0 Å². The largest absolute Gasteiger partial charge is 0.508 e. The zero-order chi connectivity index (χ0) is 14.7. The number of para-hydroxylation sites is 1. The van der Waals surface area contributed by atoms with Crippen LogP contribution in [0.15, 0.2) is 24.3 Å². The van der Waals surface area contributed by atoms with Crippen LogP contribution in [0.2, 0.25) is 0 Å². The lowest BCUT2D eigenvalue weighted by Gasteiger charge is -2.48. The predicted molar refractivity (Wildman–Crippen MR) is 86.5 cm³/mol. The van der Waals surface area contributed by atoms with Crippen molar-refractivity contribution in [3.05, 3.63) is 29.8 Å². The quantitative estimate of drug-likeness (QED) is 0.895. The van der Waals surface area contributed by atoms with Crippen molar-refractivity contribution in [3.63, 3.8) is 0 Å². The molecule has 2 aliphatic heterocycles. The molecule has 2 unspecified atom stereocenters. The Bertz CT molecular complexity index is 463. The number of piperidine rings is 2. The highest BCUT2D eigenvalue weighted by Gasteiger charge is 2.38. The van der Waals surface area contributed by atoms with Gasteiger partial charge in [0.05, 0.1) is 0 Å². The van der Waals surface area contributed by atoms with Gasteiger partial charge in [0.2, 0.25) is 0 Å². The van der Waals surface area contributed by atoms with E-state index >= 15 is 0 Å². The Labute approximate surface area is 128 Å². The molecule has 2 saturated heterocycles. The molecule has 2 N–H and O–H groups in total. The molecule has 2 fully saturated rings. The summed E-state index contributed by atoms with van der Waals surface area (Å²) in [4.78, 5) is 2.62. The van der Waals surface area contributed by atoms with Crippen LogP contribution in [0.1, 0.15) is 50.6 Å². The number of rotatable bonds is 3. The van der Waals surface area contributed by atoms with Gasteiger partial charge in [-0.3, -0.25) is 4.90 Å². The number of benzene rings is 1. The third-order valence-electron chi connectivity index (χ3n) is 5.37. The fourth-order valence-corrected chi connectivity index (χ4v) is 4.33. The van der Waals surface area contributed by atoms with E-state index in [1.807, 2.05) is 18.2 Å². The molecule has 0 bridgehead atoms. The first-order valence-electron chi connectivity index (χ1n) is 8.47. The summed E-state index contributed by atoms with van der Waals surface area (Å²) in [7, 11) is 0. The molecule has 2 aliphatic rings. The standard InChI is InChI=1S/C18H28N2O/c1-2-16(15-7-3-4-8-17(15)21)20-12-6-10-18(14-20)9-5-11-19-13-18/h3-4,7-8,16,19,21H,2,5-6,9-14H2,1H3. The molecule has 0 saturated carbocycles. The van der Waals surface area contributed by atoms with E-state index in [2.05, 4.69) is 23.2 Å². The number of aromatic hydroxyl groups is 1. The third-order valence-corrected chi connectivity index (χ3v) is 5.37. The maximum absolute atomic E-state index is 10.2. The summed E-state index contributed by atoms with van der Waals surface area (Å²) in [5.41, 5.74) is 1.56. The molecule has 3 heteroatoms. The van der Waals surface area contributed by atoms with Crippen molar-refractivity contribution >= 4 is 0 Å². The molecular formula is C18H28N2O. The van der Waals surface area contributed by atoms with Crippen molar-refractivity contribution in [2.24, 2.45) is 5.41 Å². The molecule has 0 aromatic heterocycles. The second-order valence-corrected chi connectivity index (χ2v) is 6.84. The van der Waals surface area contributed by atoms with E-state index in [-0.39, 0.29) is 0 Å². The molecule has 1 aromatic rings. The van der Waals surface area contributed by atoms with Crippen LogP contribution in [0.5, 0.6) is 5.75 Å². The SMILES string of the molecule is CCC(c1ccccc1O)N1CCCC2(CCCNC2)C1. The summed E-state index contributed by atoms with van der Waals surface area (Å²) >= 11 is 0. The summed E-state index contributed by atoms with van der Waals surface area (Å²) in [6.07, 6.45) is 6.36. The minimum atomic E-state index is 0.352. The highest BCUT2D eigenvalue weighted by atomic mass is 16.3. The lowest BCUT2D eigenvalue weighted by Crippen LogP contribution is -2.51. The molecule has 116 valence electrons. The van der Waals surface area contributed by atoms with Crippen molar-refractivity contribution in [1.82, 2.24) is 10.2 Å². The molecule has 3 rings (SSSR count). The van der Waals surface area contributed by atoms with Crippen LogP contribution in [0.25, 0.3) is 0 Å². The fourth-order valence-electron chi connectivity index (χ4n) is 4.33. The molecule has 3 nitrogen and oxygen atoms in total. The van der Waals surface area contributed by atoms with Crippen molar-refractivity contribution in [3.8, 4) is 5.75 Å². The van der Waals surface area contributed by atoms with Crippen molar-refractivity contribution < 1.29 is 5.11 Å². The Hall–Kier alpha value is -1.06. The van der Waals surface area contributed by atoms with Crippen LogP contribution in [-0.2, 0) is 0 Å². The monoisotopic (exact) mass is 288 g/mol. The number of phenolic OH excluding ortho intramolecular Hbond substituents is 1. The van der Waals surface area contributed by atoms with Gasteiger partial charge in [-0.1, -0.05) is 25.1 Å². The van der Waals surface area contributed by atoms with Gasteiger partial charge in [-0.2, -0.15) is 0 Å². The van der Waals surface area contributed by atoms with Crippen LogP contribution in [0, 0.1) is 5.41 Å². The van der Waals surface area contributed by atoms with Gasteiger partial charge in [0.25, 0.3) is 0 Å². The van der Waals surface area contributed by atoms with Gasteiger partial charge in [0.15, 0.2) is 0 Å². The maximum atomic E-state index is 10.2. The number of nitrogens with one attached hydrogen (secondary N) is 1. The second kappa shape index (κ2) is 6.37. The summed E-state index contributed by atoms with van der Waals surface area (Å²) in [5.74, 6) is 0.450. The highest BCUT2D eigenvalue weighted by Crippen LogP contribution is 2.40. The third kappa shape index (κ3) is 3.09. The van der Waals surface area contributed by atoms with Crippen LogP contribution in [-0.4, -0.2) is 36.2 Å². The minimum absolute atomic E-state index is 0.352. The summed E-state index contributed by atoms with van der Waals surface area (Å²) in [5, 5.41) is 13.8. The number of likely N-dealkylation sites (tertiary alicyclic amines) is 1. The first-order valence-corrected chi connectivity index (χ1v) is 8.47. The van der Waals surface area contributed by atoms with E-state index in [0.29, 0.717) is 17.2 Å². The summed E-state index contributed by atoms with van der Waals surface area (Å²) in [6.45, 7) is 6.91. The van der Waals surface area contributed by atoms with E-state index < -0.39 is 0 Å². The zero-order valence-electron chi connectivity index (χ0n) is 13.1. The first-order chi connectivity index (χ1) is 10.2. The highest BCUT2D eigenvalue weighted by molar-refractivity contribution is 5.34. The van der Waals surface area contributed by atoms with E-state index in [0.717, 1.165) is 18.5 Å². The van der Waals surface area contributed by atoms with E-state index in [1.165, 1.54) is 45.3 Å². The fraction of sp³-hybridized carbons (Fsp3) is 0.667. The van der Waals surface area contributed by atoms with Gasteiger partial charge < -0.3 is 10.4 Å². The van der Waals surface area contributed by atoms with Gasteiger partial charge in [0, 0.05) is 24.7 Å². The molecule has 21 heavy (non-hydrogen) atoms. The predicted octanol–water partition coefficient (Wildman–Crippen LogP) is 3.31. The van der Waals surface area contributed by atoms with Gasteiger partial charge in [-0.15, -0.1) is 0 Å². The van der Waals surface area contributed by atoms with E-state index in [9.17, 15) is 5.11 Å².